The van der Waals surface area contributed by atoms with Gasteiger partial charge in [-0.15, -0.1) is 0 Å². The lowest BCUT2D eigenvalue weighted by atomic mass is 10.0. The molecule has 0 radical (unpaired) electrons. The summed E-state index contributed by atoms with van der Waals surface area (Å²) >= 11 is 0. The van der Waals surface area contributed by atoms with Crippen molar-refractivity contribution in [2.24, 2.45) is 20.6 Å². The average Bonchev–Trinajstić information content (AvgIpc) is 2.70. The standard InChI is InChI=1S/C18H25N5O5/c1-12(20-25-4)16(22-26-5)13(2)21-28-11-14-9-7-8-10-15(14)17(23-27-6)18(24)19-3/h7-10H,11H2,1-6H3,(H,19,24)/b20-12+,21-13-,22-16+,23-17+. The predicted molar refractivity (Wildman–Crippen MR) is 107 cm³/mol. The third kappa shape index (κ3) is 6.38. The molecule has 0 aromatic heterocycles. The quantitative estimate of drug-likeness (QED) is 0.481. The van der Waals surface area contributed by atoms with Crippen LogP contribution >= 0.6 is 0 Å². The Labute approximate surface area is 163 Å². The van der Waals surface area contributed by atoms with Gasteiger partial charge in [-0.2, -0.15) is 0 Å². The summed E-state index contributed by atoms with van der Waals surface area (Å²) in [5.74, 6) is -0.380. The molecular weight excluding hydrogens is 366 g/mol. The minimum atomic E-state index is -0.380. The lowest BCUT2D eigenvalue weighted by Crippen LogP contribution is -2.29. The maximum absolute atomic E-state index is 12.1. The Morgan fingerprint density at radius 2 is 1.54 bits per heavy atom. The molecule has 28 heavy (non-hydrogen) atoms. The molecule has 0 aliphatic carbocycles. The fourth-order valence-electron chi connectivity index (χ4n) is 2.21. The molecule has 0 bridgehead atoms. The largest absolute Gasteiger partial charge is 0.399 e. The van der Waals surface area contributed by atoms with Crippen LogP contribution in [-0.4, -0.2) is 57.1 Å². The minimum Gasteiger partial charge on any atom is -0.399 e. The molecule has 0 heterocycles. The molecule has 0 saturated carbocycles. The van der Waals surface area contributed by atoms with E-state index in [1.807, 2.05) is 6.07 Å². The van der Waals surface area contributed by atoms with Gasteiger partial charge in [-0.3, -0.25) is 4.79 Å². The van der Waals surface area contributed by atoms with Gasteiger partial charge in [0.1, 0.15) is 39.4 Å². The highest BCUT2D eigenvalue weighted by molar-refractivity contribution is 6.67. The number of carbonyl (C=O) groups excluding carboxylic acids is 1. The monoisotopic (exact) mass is 391 g/mol. The molecule has 0 saturated heterocycles. The van der Waals surface area contributed by atoms with Crippen LogP contribution in [0.1, 0.15) is 25.0 Å². The number of likely N-dealkylation sites (N-methyl/N-ethyl adjacent to an activating group) is 1. The van der Waals surface area contributed by atoms with Crippen molar-refractivity contribution in [2.75, 3.05) is 28.4 Å². The van der Waals surface area contributed by atoms with Crippen LogP contribution in [-0.2, 0) is 30.8 Å². The topological polar surface area (TPSA) is 115 Å². The van der Waals surface area contributed by atoms with Gasteiger partial charge in [0.05, 0.1) is 0 Å². The van der Waals surface area contributed by atoms with Crippen LogP contribution in [0.3, 0.4) is 0 Å². The van der Waals surface area contributed by atoms with Gasteiger partial charge in [0.2, 0.25) is 0 Å². The number of nitrogens with zero attached hydrogens (tertiary/aromatic N) is 4. The average molecular weight is 391 g/mol. The second-order valence-corrected chi connectivity index (χ2v) is 5.29. The van der Waals surface area contributed by atoms with E-state index in [9.17, 15) is 4.79 Å². The minimum absolute atomic E-state index is 0.0912. The summed E-state index contributed by atoms with van der Waals surface area (Å²) in [6, 6.07) is 7.15. The summed E-state index contributed by atoms with van der Waals surface area (Å²) in [7, 11) is 5.73. The van der Waals surface area contributed by atoms with E-state index >= 15 is 0 Å². The first kappa shape index (κ1) is 22.6. The van der Waals surface area contributed by atoms with Gasteiger partial charge in [0.25, 0.3) is 5.91 Å². The molecule has 1 aromatic carbocycles. The summed E-state index contributed by atoms with van der Waals surface area (Å²) < 4.78 is 0. The highest BCUT2D eigenvalue weighted by Crippen LogP contribution is 2.13. The number of hydrogen-bond acceptors (Lipinski definition) is 9. The van der Waals surface area contributed by atoms with E-state index in [1.165, 1.54) is 28.4 Å². The molecule has 1 rings (SSSR count). The molecule has 0 fully saturated rings. The smallest absolute Gasteiger partial charge is 0.273 e. The van der Waals surface area contributed by atoms with E-state index < -0.39 is 0 Å². The van der Waals surface area contributed by atoms with Gasteiger partial charge in [0, 0.05) is 18.2 Å². The highest BCUT2D eigenvalue weighted by atomic mass is 16.6. The van der Waals surface area contributed by atoms with Crippen LogP contribution in [0.5, 0.6) is 0 Å². The maximum atomic E-state index is 12.1. The van der Waals surface area contributed by atoms with Gasteiger partial charge >= 0.3 is 0 Å². The molecule has 0 aliphatic heterocycles. The number of carbonyl (C=O) groups is 1. The van der Waals surface area contributed by atoms with E-state index in [4.69, 9.17) is 19.4 Å². The zero-order valence-corrected chi connectivity index (χ0v) is 16.8. The van der Waals surface area contributed by atoms with Crippen LogP contribution in [0.2, 0.25) is 0 Å². The molecule has 0 atom stereocenters. The zero-order valence-electron chi connectivity index (χ0n) is 16.8. The number of benzene rings is 1. The van der Waals surface area contributed by atoms with Crippen molar-refractivity contribution in [1.82, 2.24) is 5.32 Å². The summed E-state index contributed by atoms with van der Waals surface area (Å²) in [6.45, 7) is 3.49. The highest BCUT2D eigenvalue weighted by Gasteiger charge is 2.17. The van der Waals surface area contributed by atoms with E-state index in [2.05, 4.69) is 25.9 Å². The van der Waals surface area contributed by atoms with Crippen molar-refractivity contribution >= 4 is 28.8 Å². The van der Waals surface area contributed by atoms with Crippen LogP contribution in [0.25, 0.3) is 0 Å². The lowest BCUT2D eigenvalue weighted by Gasteiger charge is -2.10. The second-order valence-electron chi connectivity index (χ2n) is 5.29. The molecular formula is C18H25N5O5. The van der Waals surface area contributed by atoms with Gasteiger partial charge in [-0.1, -0.05) is 44.9 Å². The van der Waals surface area contributed by atoms with E-state index in [1.54, 1.807) is 32.0 Å². The Morgan fingerprint density at radius 1 is 0.929 bits per heavy atom. The fourth-order valence-corrected chi connectivity index (χ4v) is 2.21. The van der Waals surface area contributed by atoms with Crippen molar-refractivity contribution in [3.8, 4) is 0 Å². The third-order valence-electron chi connectivity index (χ3n) is 3.41. The molecule has 0 unspecified atom stereocenters. The van der Waals surface area contributed by atoms with Crippen LogP contribution < -0.4 is 5.32 Å². The number of rotatable bonds is 10. The lowest BCUT2D eigenvalue weighted by molar-refractivity contribution is -0.114. The van der Waals surface area contributed by atoms with E-state index in [0.717, 1.165) is 0 Å². The summed E-state index contributed by atoms with van der Waals surface area (Å²) in [6.07, 6.45) is 0. The summed E-state index contributed by atoms with van der Waals surface area (Å²) in [5, 5.41) is 18.1. The zero-order chi connectivity index (χ0) is 20.9. The third-order valence-corrected chi connectivity index (χ3v) is 3.41. The fraction of sp³-hybridized carbons (Fsp3) is 0.389. The summed E-state index contributed by atoms with van der Waals surface area (Å²) in [4.78, 5) is 31.9. The molecule has 1 amide bonds. The molecule has 0 aliphatic rings. The van der Waals surface area contributed by atoms with Gasteiger partial charge in [0.15, 0.2) is 11.4 Å². The molecule has 0 spiro atoms. The SMILES string of the molecule is CNC(=O)/C(=N/OC)c1ccccc1CO\N=C(C)/C(=N/OC)C(/C)=N/OC. The Bertz CT molecular complexity index is 786. The van der Waals surface area contributed by atoms with E-state index in [-0.39, 0.29) is 18.2 Å². The van der Waals surface area contributed by atoms with Crippen LogP contribution in [0.15, 0.2) is 44.9 Å². The molecule has 152 valence electrons. The van der Waals surface area contributed by atoms with Crippen molar-refractivity contribution in [1.29, 1.82) is 0 Å². The van der Waals surface area contributed by atoms with E-state index in [0.29, 0.717) is 28.3 Å². The van der Waals surface area contributed by atoms with Crippen molar-refractivity contribution in [2.45, 2.75) is 20.5 Å². The van der Waals surface area contributed by atoms with Gasteiger partial charge in [-0.25, -0.2) is 0 Å². The van der Waals surface area contributed by atoms with Crippen LogP contribution in [0, 0.1) is 0 Å². The van der Waals surface area contributed by atoms with Gasteiger partial charge < -0.3 is 24.7 Å². The Kier molecular flexibility index (Phi) is 9.73. The first-order chi connectivity index (χ1) is 13.5. The van der Waals surface area contributed by atoms with Crippen molar-refractivity contribution in [3.05, 3.63) is 35.4 Å². The number of oxime groups is 4. The molecule has 10 nitrogen and oxygen atoms in total. The second kappa shape index (κ2) is 12.0. The van der Waals surface area contributed by atoms with Crippen LogP contribution in [0.4, 0.5) is 0 Å². The summed E-state index contributed by atoms with van der Waals surface area (Å²) in [5.41, 5.74) is 2.70. The first-order valence-corrected chi connectivity index (χ1v) is 8.27. The Balaban J connectivity index is 3.06. The maximum Gasteiger partial charge on any atom is 0.273 e. The predicted octanol–water partition coefficient (Wildman–Crippen LogP) is 1.70. The van der Waals surface area contributed by atoms with Crippen molar-refractivity contribution < 1.29 is 24.1 Å². The number of amides is 1. The molecule has 10 heteroatoms. The van der Waals surface area contributed by atoms with Crippen molar-refractivity contribution in [3.63, 3.8) is 0 Å². The number of nitrogens with one attached hydrogen (secondary N) is 1. The molecule has 1 aromatic rings. The Hall–Kier alpha value is -3.43. The Morgan fingerprint density at radius 3 is 2.14 bits per heavy atom. The number of hydrogen-bond donors (Lipinski definition) is 1. The van der Waals surface area contributed by atoms with Gasteiger partial charge in [-0.05, 0) is 13.8 Å². The normalized spacial score (nSPS) is 13.1. The molecule has 1 N–H and O–H groups in total. The first-order valence-electron chi connectivity index (χ1n) is 8.27.